The molecule has 2 aliphatic rings. The number of nitrogens with zero attached hydrogens (tertiary/aromatic N) is 2. The van der Waals surface area contributed by atoms with Gasteiger partial charge in [-0.2, -0.15) is 0 Å². The molecule has 2 N–H and O–H groups in total. The highest BCUT2D eigenvalue weighted by Gasteiger charge is 2.33. The van der Waals surface area contributed by atoms with Crippen LogP contribution in [0.15, 0.2) is 15.7 Å². The van der Waals surface area contributed by atoms with E-state index in [0.29, 0.717) is 30.8 Å². The summed E-state index contributed by atoms with van der Waals surface area (Å²) in [5.74, 6) is -1.59. The second-order valence-electron chi connectivity index (χ2n) is 7.28. The highest BCUT2D eigenvalue weighted by Crippen LogP contribution is 2.42. The van der Waals surface area contributed by atoms with Gasteiger partial charge in [0.05, 0.1) is 17.0 Å². The molecule has 5 rings (SSSR count). The lowest BCUT2D eigenvalue weighted by molar-refractivity contribution is 0.145. The van der Waals surface area contributed by atoms with Crippen molar-refractivity contribution in [2.24, 2.45) is 0 Å². The summed E-state index contributed by atoms with van der Waals surface area (Å²) >= 11 is 1.01. The molecule has 142 valence electrons. The van der Waals surface area contributed by atoms with Crippen molar-refractivity contribution < 1.29 is 13.9 Å². The first kappa shape index (κ1) is 16.9. The number of aromatic amines is 1. The van der Waals surface area contributed by atoms with Crippen LogP contribution in [0.4, 0.5) is 14.5 Å². The quantitative estimate of drug-likeness (QED) is 0.701. The average molecular weight is 393 g/mol. The van der Waals surface area contributed by atoms with Gasteiger partial charge in [0.15, 0.2) is 5.82 Å². The van der Waals surface area contributed by atoms with Gasteiger partial charge in [0.2, 0.25) is 5.43 Å². The maximum absolute atomic E-state index is 15.6. The molecule has 1 aliphatic heterocycles. The number of aliphatic hydroxyl groups is 1. The Hall–Kier alpha value is -2.26. The predicted molar refractivity (Wildman–Crippen MR) is 99.9 cm³/mol. The lowest BCUT2D eigenvalue weighted by Crippen LogP contribution is -2.37. The number of H-pyrrole nitrogens is 1. The number of hydrogen-bond acceptors (Lipinski definition) is 5. The average Bonchev–Trinajstić information content (AvgIpc) is 3.40. The van der Waals surface area contributed by atoms with Crippen LogP contribution in [0.2, 0.25) is 0 Å². The van der Waals surface area contributed by atoms with Crippen LogP contribution in [0.5, 0.6) is 0 Å². The van der Waals surface area contributed by atoms with Crippen LogP contribution in [-0.2, 0) is 0 Å². The Morgan fingerprint density at radius 3 is 2.52 bits per heavy atom. The minimum atomic E-state index is -0.818. The van der Waals surface area contributed by atoms with E-state index in [0.717, 1.165) is 30.4 Å². The second-order valence-corrected chi connectivity index (χ2v) is 8.07. The molecule has 2 fully saturated rings. The van der Waals surface area contributed by atoms with Gasteiger partial charge < -0.3 is 14.6 Å². The first-order valence-electron chi connectivity index (χ1n) is 8.97. The fraction of sp³-hybridized carbons (Fsp3) is 0.444. The number of piperidine rings is 1. The summed E-state index contributed by atoms with van der Waals surface area (Å²) in [6.07, 6.45) is 2.05. The van der Waals surface area contributed by atoms with Gasteiger partial charge in [-0.05, 0) is 43.3 Å². The maximum atomic E-state index is 15.6. The molecule has 1 saturated heterocycles. The van der Waals surface area contributed by atoms with Gasteiger partial charge in [-0.1, -0.05) is 0 Å². The van der Waals surface area contributed by atoms with Gasteiger partial charge in [0, 0.05) is 19.1 Å². The van der Waals surface area contributed by atoms with Crippen molar-refractivity contribution >= 4 is 38.3 Å². The molecule has 0 radical (unpaired) electrons. The molecule has 1 aromatic carbocycles. The van der Waals surface area contributed by atoms with Crippen molar-refractivity contribution in [2.75, 3.05) is 18.0 Å². The molecule has 1 aliphatic carbocycles. The van der Waals surface area contributed by atoms with Crippen molar-refractivity contribution in [1.82, 2.24) is 8.94 Å². The van der Waals surface area contributed by atoms with Crippen LogP contribution in [0.3, 0.4) is 0 Å². The standard InChI is InChI=1S/C18H17F2N3O3S/c19-11-7-10-14(13(20)15(11)22-5-3-9(24)4-6-22)23(8-1-2-8)18-12(16(10)25)17(26)21-27-18/h7-9,24H,1-6H2,(H,21,26). The topological polar surface area (TPSA) is 78.3 Å². The number of hydrogen-bond donors (Lipinski definition) is 2. The van der Waals surface area contributed by atoms with Crippen molar-refractivity contribution in [3.8, 4) is 0 Å². The zero-order chi connectivity index (χ0) is 18.9. The molecular weight excluding hydrogens is 376 g/mol. The number of aliphatic hydroxyl groups excluding tert-OH is 1. The van der Waals surface area contributed by atoms with Crippen molar-refractivity contribution in [3.63, 3.8) is 0 Å². The summed E-state index contributed by atoms with van der Waals surface area (Å²) in [5.41, 5.74) is -1.26. The van der Waals surface area contributed by atoms with Crippen molar-refractivity contribution in [2.45, 2.75) is 37.8 Å². The Balaban J connectivity index is 1.86. The third-order valence-electron chi connectivity index (χ3n) is 5.47. The zero-order valence-corrected chi connectivity index (χ0v) is 15.1. The smallest absolute Gasteiger partial charge is 0.271 e. The Morgan fingerprint density at radius 1 is 1.15 bits per heavy atom. The van der Waals surface area contributed by atoms with Crippen LogP contribution in [0.1, 0.15) is 31.7 Å². The van der Waals surface area contributed by atoms with E-state index in [1.807, 2.05) is 0 Å². The fourth-order valence-electron chi connectivity index (χ4n) is 3.97. The molecule has 3 heterocycles. The molecule has 2 aromatic heterocycles. The third-order valence-corrected chi connectivity index (χ3v) is 6.36. The van der Waals surface area contributed by atoms with E-state index in [4.69, 9.17) is 0 Å². The number of rotatable bonds is 2. The Labute approximate surface area is 155 Å². The molecule has 9 heteroatoms. The Kier molecular flexibility index (Phi) is 3.67. The van der Waals surface area contributed by atoms with Crippen molar-refractivity contribution in [1.29, 1.82) is 0 Å². The number of anilines is 1. The van der Waals surface area contributed by atoms with Gasteiger partial charge >= 0.3 is 0 Å². The molecular formula is C18H17F2N3O3S. The van der Waals surface area contributed by atoms with E-state index in [2.05, 4.69) is 4.37 Å². The summed E-state index contributed by atoms with van der Waals surface area (Å²) < 4.78 is 34.7. The number of pyridine rings is 1. The summed E-state index contributed by atoms with van der Waals surface area (Å²) in [6, 6.07) is 1.05. The van der Waals surface area contributed by atoms with Crippen LogP contribution < -0.4 is 15.9 Å². The monoisotopic (exact) mass is 393 g/mol. The molecule has 1 saturated carbocycles. The maximum Gasteiger partial charge on any atom is 0.271 e. The van der Waals surface area contributed by atoms with E-state index in [1.54, 1.807) is 9.47 Å². The number of fused-ring (bicyclic) bond motifs is 2. The minimum Gasteiger partial charge on any atom is -0.393 e. The first-order chi connectivity index (χ1) is 13.0. The van der Waals surface area contributed by atoms with Crippen molar-refractivity contribution in [3.05, 3.63) is 38.3 Å². The molecule has 27 heavy (non-hydrogen) atoms. The fourth-order valence-corrected chi connectivity index (χ4v) is 4.89. The highest BCUT2D eigenvalue weighted by atomic mass is 32.1. The third kappa shape index (κ3) is 2.45. The summed E-state index contributed by atoms with van der Waals surface area (Å²) in [6.45, 7) is 0.682. The Bertz CT molecular complexity index is 1190. The van der Waals surface area contributed by atoms with Crippen LogP contribution in [-0.4, -0.2) is 33.2 Å². The number of benzene rings is 1. The molecule has 0 atom stereocenters. The van der Waals surface area contributed by atoms with Gasteiger partial charge in [0.25, 0.3) is 5.56 Å². The molecule has 0 unspecified atom stereocenters. The van der Waals surface area contributed by atoms with E-state index in [-0.39, 0.29) is 28.0 Å². The SMILES string of the molecule is O=c1[nH]sc2c1c(=O)c1cc(F)c(N3CCC(O)CC3)c(F)c1n2C1CC1. The van der Waals surface area contributed by atoms with E-state index in [1.165, 1.54) is 0 Å². The van der Waals surface area contributed by atoms with Gasteiger partial charge in [-0.15, -0.1) is 0 Å². The van der Waals surface area contributed by atoms with Gasteiger partial charge in [0.1, 0.15) is 21.7 Å². The molecule has 0 amide bonds. The Morgan fingerprint density at radius 2 is 1.85 bits per heavy atom. The molecule has 3 aromatic rings. The molecule has 6 nitrogen and oxygen atoms in total. The minimum absolute atomic E-state index is 0.00182. The van der Waals surface area contributed by atoms with Crippen LogP contribution in [0, 0.1) is 11.6 Å². The number of nitrogens with one attached hydrogen (secondary N) is 1. The van der Waals surface area contributed by atoms with E-state index in [9.17, 15) is 19.1 Å². The van der Waals surface area contributed by atoms with Gasteiger partial charge in [-0.25, -0.2) is 8.78 Å². The summed E-state index contributed by atoms with van der Waals surface area (Å²) in [7, 11) is 0. The highest BCUT2D eigenvalue weighted by molar-refractivity contribution is 7.12. The summed E-state index contributed by atoms with van der Waals surface area (Å²) in [4.78, 5) is 26.9. The molecule has 0 bridgehead atoms. The van der Waals surface area contributed by atoms with Gasteiger partial charge in [-0.3, -0.25) is 14.0 Å². The van der Waals surface area contributed by atoms with Crippen LogP contribution in [0.25, 0.3) is 21.1 Å². The second kappa shape index (κ2) is 5.87. The van der Waals surface area contributed by atoms with E-state index < -0.39 is 28.7 Å². The van der Waals surface area contributed by atoms with E-state index >= 15 is 4.39 Å². The lowest BCUT2D eigenvalue weighted by atomic mass is 10.1. The number of halogens is 2. The largest absolute Gasteiger partial charge is 0.393 e. The predicted octanol–water partition coefficient (Wildman–Crippen LogP) is 2.48. The zero-order valence-electron chi connectivity index (χ0n) is 14.3. The van der Waals surface area contributed by atoms with Crippen LogP contribution >= 0.6 is 11.5 Å². The molecule has 0 spiro atoms. The summed E-state index contributed by atoms with van der Waals surface area (Å²) in [5, 5.41) is 9.54. The number of aromatic nitrogens is 2. The first-order valence-corrected chi connectivity index (χ1v) is 9.79. The lowest BCUT2D eigenvalue weighted by Gasteiger charge is -2.32. The normalized spacial score (nSPS) is 18.7.